The number of amides is 1. The van der Waals surface area contributed by atoms with Gasteiger partial charge < -0.3 is 10.1 Å². The lowest BCUT2D eigenvalue weighted by Crippen LogP contribution is -2.29. The molecule has 5 nitrogen and oxygen atoms in total. The fourth-order valence-corrected chi connectivity index (χ4v) is 2.13. The average Bonchev–Trinajstić information content (AvgIpc) is 2.60. The first-order valence-electron chi connectivity index (χ1n) is 7.75. The molecule has 0 spiro atoms. The summed E-state index contributed by atoms with van der Waals surface area (Å²) in [5.41, 5.74) is 2.68. The van der Waals surface area contributed by atoms with Crippen molar-refractivity contribution in [1.82, 2.24) is 0 Å². The number of carbonyl (C=O) groups is 2. The molecule has 0 aliphatic carbocycles. The second kappa shape index (κ2) is 8.46. The highest BCUT2D eigenvalue weighted by Crippen LogP contribution is 2.14. The molecule has 5 heteroatoms. The Kier molecular flexibility index (Phi) is 6.08. The van der Waals surface area contributed by atoms with E-state index < -0.39 is 18.0 Å². The molecule has 0 saturated carbocycles. The summed E-state index contributed by atoms with van der Waals surface area (Å²) < 4.78 is 5.09. The third-order valence-corrected chi connectivity index (χ3v) is 3.42. The standard InChI is InChI=1S/C20H18N2O3/c1-14-6-5-7-16(12-14)10-11-19(23)25-15(2)20(24)22-18-9-4-3-8-17(18)13-21/h3-12,15H,1-2H3,(H,22,24)/b11-10+/t15-/m0/s1. The van der Waals surface area contributed by atoms with Gasteiger partial charge in [-0.15, -0.1) is 0 Å². The van der Waals surface area contributed by atoms with Crippen LogP contribution < -0.4 is 5.32 Å². The second-order valence-corrected chi connectivity index (χ2v) is 5.47. The molecule has 1 amide bonds. The largest absolute Gasteiger partial charge is 0.449 e. The number of anilines is 1. The van der Waals surface area contributed by atoms with Crippen molar-refractivity contribution in [1.29, 1.82) is 5.26 Å². The predicted molar refractivity (Wildman–Crippen MR) is 95.6 cm³/mol. The molecule has 2 aromatic rings. The van der Waals surface area contributed by atoms with E-state index >= 15 is 0 Å². The summed E-state index contributed by atoms with van der Waals surface area (Å²) >= 11 is 0. The zero-order valence-corrected chi connectivity index (χ0v) is 14.0. The molecular weight excluding hydrogens is 316 g/mol. The zero-order chi connectivity index (χ0) is 18.2. The summed E-state index contributed by atoms with van der Waals surface area (Å²) in [5.74, 6) is -1.11. The van der Waals surface area contributed by atoms with Crippen molar-refractivity contribution in [2.24, 2.45) is 0 Å². The van der Waals surface area contributed by atoms with Gasteiger partial charge in [0.25, 0.3) is 5.91 Å². The van der Waals surface area contributed by atoms with Crippen molar-refractivity contribution in [3.63, 3.8) is 0 Å². The number of aryl methyl sites for hydroxylation is 1. The number of para-hydroxylation sites is 1. The van der Waals surface area contributed by atoms with E-state index in [1.807, 2.05) is 37.3 Å². The maximum Gasteiger partial charge on any atom is 0.331 e. The van der Waals surface area contributed by atoms with E-state index in [1.165, 1.54) is 13.0 Å². The molecular formula is C20H18N2O3. The lowest BCUT2D eigenvalue weighted by molar-refractivity contribution is -0.148. The molecule has 2 aromatic carbocycles. The first kappa shape index (κ1) is 18.0. The number of esters is 1. The third kappa shape index (κ3) is 5.33. The van der Waals surface area contributed by atoms with Crippen LogP contribution in [0.15, 0.2) is 54.6 Å². The molecule has 0 aromatic heterocycles. The van der Waals surface area contributed by atoms with Gasteiger partial charge in [0.1, 0.15) is 6.07 Å². The highest BCUT2D eigenvalue weighted by Gasteiger charge is 2.17. The van der Waals surface area contributed by atoms with Gasteiger partial charge in [-0.2, -0.15) is 5.26 Å². The Morgan fingerprint density at radius 3 is 2.68 bits per heavy atom. The van der Waals surface area contributed by atoms with Crippen LogP contribution >= 0.6 is 0 Å². The lowest BCUT2D eigenvalue weighted by Gasteiger charge is -2.13. The van der Waals surface area contributed by atoms with Crippen molar-refractivity contribution >= 4 is 23.6 Å². The van der Waals surface area contributed by atoms with Crippen molar-refractivity contribution in [2.45, 2.75) is 20.0 Å². The van der Waals surface area contributed by atoms with E-state index in [4.69, 9.17) is 10.00 Å². The highest BCUT2D eigenvalue weighted by atomic mass is 16.5. The van der Waals surface area contributed by atoms with Crippen molar-refractivity contribution in [3.05, 3.63) is 71.3 Å². The minimum atomic E-state index is -0.985. The molecule has 0 unspecified atom stereocenters. The van der Waals surface area contributed by atoms with Crippen molar-refractivity contribution in [3.8, 4) is 6.07 Å². The topological polar surface area (TPSA) is 79.2 Å². The number of benzene rings is 2. The van der Waals surface area contributed by atoms with Crippen molar-refractivity contribution in [2.75, 3.05) is 5.32 Å². The fourth-order valence-electron chi connectivity index (χ4n) is 2.13. The SMILES string of the molecule is Cc1cccc(/C=C/C(=O)O[C@@H](C)C(=O)Nc2ccccc2C#N)c1. The molecule has 25 heavy (non-hydrogen) atoms. The minimum Gasteiger partial charge on any atom is -0.449 e. The number of nitriles is 1. The van der Waals surface area contributed by atoms with Crippen LogP contribution in [0, 0.1) is 18.3 Å². The highest BCUT2D eigenvalue weighted by molar-refractivity contribution is 5.97. The van der Waals surface area contributed by atoms with Gasteiger partial charge in [0.15, 0.2) is 6.10 Å². The fraction of sp³-hybridized carbons (Fsp3) is 0.150. The molecule has 1 N–H and O–H groups in total. The van der Waals surface area contributed by atoms with Gasteiger partial charge in [-0.1, -0.05) is 42.0 Å². The quantitative estimate of drug-likeness (QED) is 0.671. The van der Waals surface area contributed by atoms with E-state index in [2.05, 4.69) is 5.32 Å². The van der Waals surface area contributed by atoms with Gasteiger partial charge in [-0.25, -0.2) is 4.79 Å². The van der Waals surface area contributed by atoms with E-state index in [9.17, 15) is 9.59 Å². The Balaban J connectivity index is 1.94. The van der Waals surface area contributed by atoms with Crippen LogP contribution in [0.25, 0.3) is 6.08 Å². The van der Waals surface area contributed by atoms with Gasteiger partial charge in [0.05, 0.1) is 11.3 Å². The molecule has 2 rings (SSSR count). The van der Waals surface area contributed by atoms with Crippen LogP contribution in [0.2, 0.25) is 0 Å². The summed E-state index contributed by atoms with van der Waals surface area (Å²) in [6.07, 6.45) is 1.92. The number of hydrogen-bond acceptors (Lipinski definition) is 4. The van der Waals surface area contributed by atoms with Gasteiger partial charge in [0.2, 0.25) is 0 Å². The number of nitrogens with zero attached hydrogens (tertiary/aromatic N) is 1. The summed E-state index contributed by atoms with van der Waals surface area (Å²) in [5, 5.41) is 11.6. The Labute approximate surface area is 146 Å². The Morgan fingerprint density at radius 1 is 1.20 bits per heavy atom. The summed E-state index contributed by atoms with van der Waals surface area (Å²) in [4.78, 5) is 24.0. The number of carbonyl (C=O) groups excluding carboxylic acids is 2. The second-order valence-electron chi connectivity index (χ2n) is 5.47. The molecule has 0 radical (unpaired) electrons. The molecule has 0 bridgehead atoms. The van der Waals surface area contributed by atoms with Gasteiger partial charge in [-0.05, 0) is 37.6 Å². The molecule has 1 atom stereocenters. The van der Waals surface area contributed by atoms with Crippen LogP contribution in [0.5, 0.6) is 0 Å². The minimum absolute atomic E-state index is 0.341. The van der Waals surface area contributed by atoms with E-state index in [0.717, 1.165) is 11.1 Å². The van der Waals surface area contributed by atoms with E-state index in [-0.39, 0.29) is 0 Å². The number of hydrogen-bond donors (Lipinski definition) is 1. The van der Waals surface area contributed by atoms with Crippen LogP contribution in [0.1, 0.15) is 23.6 Å². The maximum absolute atomic E-state index is 12.1. The molecule has 0 saturated heterocycles. The maximum atomic E-state index is 12.1. The van der Waals surface area contributed by atoms with Gasteiger partial charge in [0, 0.05) is 6.08 Å². The number of nitrogens with one attached hydrogen (secondary N) is 1. The van der Waals surface area contributed by atoms with E-state index in [1.54, 1.807) is 30.3 Å². The first-order chi connectivity index (χ1) is 12.0. The number of rotatable bonds is 5. The number of ether oxygens (including phenoxy) is 1. The zero-order valence-electron chi connectivity index (χ0n) is 14.0. The molecule has 0 heterocycles. The summed E-state index contributed by atoms with van der Waals surface area (Å²) in [6, 6.07) is 16.3. The molecule has 0 fully saturated rings. The predicted octanol–water partition coefficient (Wildman–Crippen LogP) is 3.45. The van der Waals surface area contributed by atoms with Crippen LogP contribution in [0.4, 0.5) is 5.69 Å². The van der Waals surface area contributed by atoms with E-state index in [0.29, 0.717) is 11.3 Å². The summed E-state index contributed by atoms with van der Waals surface area (Å²) in [7, 11) is 0. The monoisotopic (exact) mass is 334 g/mol. The Hall–Kier alpha value is -3.39. The molecule has 0 aliphatic heterocycles. The van der Waals surface area contributed by atoms with Crippen molar-refractivity contribution < 1.29 is 14.3 Å². The lowest BCUT2D eigenvalue weighted by atomic mass is 10.1. The normalized spacial score (nSPS) is 11.6. The van der Waals surface area contributed by atoms with Gasteiger partial charge >= 0.3 is 5.97 Å². The molecule has 0 aliphatic rings. The average molecular weight is 334 g/mol. The van der Waals surface area contributed by atoms with Crippen LogP contribution in [0.3, 0.4) is 0 Å². The first-order valence-corrected chi connectivity index (χ1v) is 7.75. The Bertz CT molecular complexity index is 850. The summed E-state index contributed by atoms with van der Waals surface area (Å²) in [6.45, 7) is 3.43. The third-order valence-electron chi connectivity index (χ3n) is 3.42. The van der Waals surface area contributed by atoms with Gasteiger partial charge in [-0.3, -0.25) is 4.79 Å². The molecule has 126 valence electrons. The smallest absolute Gasteiger partial charge is 0.331 e. The Morgan fingerprint density at radius 2 is 1.96 bits per heavy atom. The van der Waals surface area contributed by atoms with Crippen LogP contribution in [-0.4, -0.2) is 18.0 Å². The van der Waals surface area contributed by atoms with Crippen LogP contribution in [-0.2, 0) is 14.3 Å².